The van der Waals surface area contributed by atoms with Gasteiger partial charge >= 0.3 is 11.7 Å². The maximum atomic E-state index is 11.8. The number of rotatable bonds is 5. The molecule has 1 aromatic heterocycles. The fourth-order valence-electron chi connectivity index (χ4n) is 2.04. The quantitative estimate of drug-likeness (QED) is 0.566. The Morgan fingerprint density at radius 3 is 2.71 bits per heavy atom. The third-order valence-electron chi connectivity index (χ3n) is 3.03. The summed E-state index contributed by atoms with van der Waals surface area (Å²) >= 11 is 0. The molecule has 0 saturated carbocycles. The molecular formula is C11H14N4O6. The van der Waals surface area contributed by atoms with Gasteiger partial charge in [-0.25, -0.2) is 4.79 Å². The maximum absolute atomic E-state index is 11.8. The molecule has 1 aliphatic heterocycles. The van der Waals surface area contributed by atoms with Crippen LogP contribution in [-0.4, -0.2) is 50.9 Å². The van der Waals surface area contributed by atoms with Gasteiger partial charge in [0.15, 0.2) is 0 Å². The van der Waals surface area contributed by atoms with Crippen LogP contribution < -0.4 is 5.32 Å². The first-order valence-electron chi connectivity index (χ1n) is 6.29. The zero-order valence-electron chi connectivity index (χ0n) is 11.0. The molecule has 21 heavy (non-hydrogen) atoms. The van der Waals surface area contributed by atoms with E-state index in [9.17, 15) is 19.7 Å². The molecule has 0 radical (unpaired) electrons. The number of carbonyl (C=O) groups excluding carboxylic acids is 1. The maximum Gasteiger partial charge on any atom is 0.363 e. The molecule has 0 aromatic carbocycles. The molecule has 10 heteroatoms. The number of carboxylic acids is 1. The van der Waals surface area contributed by atoms with Gasteiger partial charge in [0.05, 0.1) is 4.92 Å². The predicted octanol–water partition coefficient (Wildman–Crippen LogP) is -0.215. The number of ether oxygens (including phenoxy) is 1. The molecule has 0 spiro atoms. The van der Waals surface area contributed by atoms with Crippen molar-refractivity contribution in [1.29, 1.82) is 0 Å². The molecule has 2 N–H and O–H groups in total. The van der Waals surface area contributed by atoms with Crippen LogP contribution in [0.15, 0.2) is 6.20 Å². The molecule has 2 heterocycles. The average Bonchev–Trinajstić information content (AvgIpc) is 2.84. The van der Waals surface area contributed by atoms with Crippen molar-refractivity contribution in [2.24, 2.45) is 0 Å². The zero-order valence-corrected chi connectivity index (χ0v) is 11.0. The Hall–Kier alpha value is -2.49. The summed E-state index contributed by atoms with van der Waals surface area (Å²) in [6, 6.07) is -0.00394. The molecule has 1 amide bonds. The van der Waals surface area contributed by atoms with E-state index in [0.29, 0.717) is 26.1 Å². The summed E-state index contributed by atoms with van der Waals surface area (Å²) in [5, 5.41) is 25.9. The number of aromatic carboxylic acids is 1. The minimum atomic E-state index is -1.51. The summed E-state index contributed by atoms with van der Waals surface area (Å²) in [7, 11) is 0. The van der Waals surface area contributed by atoms with E-state index in [0.717, 1.165) is 10.9 Å². The van der Waals surface area contributed by atoms with Crippen molar-refractivity contribution in [1.82, 2.24) is 15.1 Å². The van der Waals surface area contributed by atoms with Crippen LogP contribution in [0.2, 0.25) is 0 Å². The van der Waals surface area contributed by atoms with Crippen LogP contribution in [0.3, 0.4) is 0 Å². The monoisotopic (exact) mass is 298 g/mol. The Balaban J connectivity index is 2.01. The lowest BCUT2D eigenvalue weighted by Gasteiger charge is -2.22. The van der Waals surface area contributed by atoms with E-state index in [2.05, 4.69) is 10.4 Å². The minimum Gasteiger partial charge on any atom is -0.476 e. The number of nitrogens with one attached hydrogen (secondary N) is 1. The van der Waals surface area contributed by atoms with Crippen LogP contribution in [0.1, 0.15) is 23.3 Å². The molecule has 1 aromatic rings. The Morgan fingerprint density at radius 2 is 2.19 bits per heavy atom. The highest BCUT2D eigenvalue weighted by molar-refractivity contribution is 5.90. The molecule has 114 valence electrons. The molecule has 0 atom stereocenters. The molecule has 1 aliphatic rings. The van der Waals surface area contributed by atoms with E-state index in [1.807, 2.05) is 0 Å². The molecule has 0 bridgehead atoms. The second-order valence-corrected chi connectivity index (χ2v) is 4.58. The first kappa shape index (κ1) is 14.9. The summed E-state index contributed by atoms with van der Waals surface area (Å²) in [5.41, 5.74) is -1.32. The van der Waals surface area contributed by atoms with Gasteiger partial charge in [0.2, 0.25) is 11.6 Å². The van der Waals surface area contributed by atoms with Gasteiger partial charge in [-0.3, -0.25) is 19.6 Å². The number of nitrogens with zero attached hydrogens (tertiary/aromatic N) is 3. The number of carbonyl (C=O) groups is 2. The highest BCUT2D eigenvalue weighted by Crippen LogP contribution is 2.16. The number of hydrogen-bond acceptors (Lipinski definition) is 6. The molecule has 0 aliphatic carbocycles. The number of nitro groups is 1. The Bertz CT molecular complexity index is 532. The second-order valence-electron chi connectivity index (χ2n) is 4.58. The molecule has 0 unspecified atom stereocenters. The summed E-state index contributed by atoms with van der Waals surface area (Å²) in [6.45, 7) is 0.869. The van der Waals surface area contributed by atoms with Crippen LogP contribution >= 0.6 is 0 Å². The van der Waals surface area contributed by atoms with Gasteiger partial charge in [-0.05, 0) is 12.8 Å². The molecule has 2 rings (SSSR count). The second kappa shape index (κ2) is 6.31. The largest absolute Gasteiger partial charge is 0.476 e. The van der Waals surface area contributed by atoms with Gasteiger partial charge in [-0.1, -0.05) is 0 Å². The van der Waals surface area contributed by atoms with Crippen LogP contribution in [0.5, 0.6) is 0 Å². The van der Waals surface area contributed by atoms with Crippen LogP contribution in [0.25, 0.3) is 0 Å². The highest BCUT2D eigenvalue weighted by Gasteiger charge is 2.26. The van der Waals surface area contributed by atoms with E-state index in [-0.39, 0.29) is 18.5 Å². The van der Waals surface area contributed by atoms with Gasteiger partial charge in [0.1, 0.15) is 12.7 Å². The standard InChI is InChI=1S/C11H14N4O6/c16-9(12-7-1-3-21-4-2-7)6-14-5-8(15(19)20)10(13-14)11(17)18/h5,7H,1-4,6H2,(H,12,16)(H,17,18). The highest BCUT2D eigenvalue weighted by atomic mass is 16.6. The van der Waals surface area contributed by atoms with Crippen molar-refractivity contribution in [3.05, 3.63) is 22.0 Å². The van der Waals surface area contributed by atoms with Crippen molar-refractivity contribution in [3.8, 4) is 0 Å². The topological polar surface area (TPSA) is 137 Å². The summed E-state index contributed by atoms with van der Waals surface area (Å²) < 4.78 is 6.12. The summed E-state index contributed by atoms with van der Waals surface area (Å²) in [4.78, 5) is 32.5. The van der Waals surface area contributed by atoms with E-state index in [1.54, 1.807) is 0 Å². The molecule has 1 fully saturated rings. The third-order valence-corrected chi connectivity index (χ3v) is 3.03. The lowest BCUT2D eigenvalue weighted by Crippen LogP contribution is -2.40. The Kier molecular flexibility index (Phi) is 4.48. The molecular weight excluding hydrogens is 284 g/mol. The van der Waals surface area contributed by atoms with Crippen LogP contribution in [0.4, 0.5) is 5.69 Å². The van der Waals surface area contributed by atoms with Crippen molar-refractivity contribution < 1.29 is 24.4 Å². The third kappa shape index (κ3) is 3.75. The van der Waals surface area contributed by atoms with Crippen LogP contribution in [0, 0.1) is 10.1 Å². The zero-order chi connectivity index (χ0) is 15.4. The van der Waals surface area contributed by atoms with Crippen molar-refractivity contribution in [2.45, 2.75) is 25.4 Å². The number of hydrogen-bond donors (Lipinski definition) is 2. The van der Waals surface area contributed by atoms with E-state index >= 15 is 0 Å². The Morgan fingerprint density at radius 1 is 1.52 bits per heavy atom. The van der Waals surface area contributed by atoms with E-state index in [4.69, 9.17) is 9.84 Å². The predicted molar refractivity (Wildman–Crippen MR) is 67.8 cm³/mol. The lowest BCUT2D eigenvalue weighted by atomic mass is 10.1. The lowest BCUT2D eigenvalue weighted by molar-refractivity contribution is -0.385. The van der Waals surface area contributed by atoms with Crippen LogP contribution in [-0.2, 0) is 16.1 Å². The van der Waals surface area contributed by atoms with Crippen molar-refractivity contribution in [3.63, 3.8) is 0 Å². The fourth-order valence-corrected chi connectivity index (χ4v) is 2.04. The number of amides is 1. The SMILES string of the molecule is O=C(Cn1cc([N+](=O)[O-])c(C(=O)O)n1)NC1CCOCC1. The first-order valence-corrected chi connectivity index (χ1v) is 6.29. The molecule has 1 saturated heterocycles. The smallest absolute Gasteiger partial charge is 0.363 e. The average molecular weight is 298 g/mol. The van der Waals surface area contributed by atoms with Crippen molar-refractivity contribution >= 4 is 17.6 Å². The van der Waals surface area contributed by atoms with Gasteiger partial charge in [-0.2, -0.15) is 5.10 Å². The van der Waals surface area contributed by atoms with Gasteiger partial charge in [-0.15, -0.1) is 0 Å². The number of aromatic nitrogens is 2. The normalized spacial score (nSPS) is 15.6. The fraction of sp³-hybridized carbons (Fsp3) is 0.545. The van der Waals surface area contributed by atoms with E-state index < -0.39 is 22.3 Å². The minimum absolute atomic E-state index is 0.00394. The van der Waals surface area contributed by atoms with Gasteiger partial charge < -0.3 is 15.2 Å². The summed E-state index contributed by atoms with van der Waals surface area (Å²) in [6.07, 6.45) is 2.34. The first-order chi connectivity index (χ1) is 9.97. The Labute approximate surface area is 118 Å². The molecule has 10 nitrogen and oxygen atoms in total. The van der Waals surface area contributed by atoms with Gasteiger partial charge in [0.25, 0.3) is 0 Å². The summed E-state index contributed by atoms with van der Waals surface area (Å²) in [5.74, 6) is -1.89. The van der Waals surface area contributed by atoms with Gasteiger partial charge in [0, 0.05) is 19.3 Å². The van der Waals surface area contributed by atoms with E-state index in [1.165, 1.54) is 0 Å². The van der Waals surface area contributed by atoms with Crippen molar-refractivity contribution in [2.75, 3.05) is 13.2 Å². The number of carboxylic acid groups (broad SMARTS) is 1.